The summed E-state index contributed by atoms with van der Waals surface area (Å²) in [7, 11) is 0. The van der Waals surface area contributed by atoms with E-state index in [1.807, 2.05) is 19.1 Å². The first-order valence-corrected chi connectivity index (χ1v) is 14.6. The van der Waals surface area contributed by atoms with E-state index in [4.69, 9.17) is 28.9 Å². The second-order valence-electron chi connectivity index (χ2n) is 10.6. The molecule has 2 aromatic carbocycles. The molecule has 2 bridgehead atoms. The van der Waals surface area contributed by atoms with Crippen LogP contribution in [0.1, 0.15) is 48.3 Å². The number of halogens is 2. The molecule has 2 amide bonds. The van der Waals surface area contributed by atoms with Gasteiger partial charge in [0.25, 0.3) is 5.56 Å². The quantitative estimate of drug-likeness (QED) is 0.274. The third-order valence-electron chi connectivity index (χ3n) is 7.68. The van der Waals surface area contributed by atoms with E-state index >= 15 is 0 Å². The highest BCUT2D eigenvalue weighted by Crippen LogP contribution is 2.34. The van der Waals surface area contributed by atoms with Crippen molar-refractivity contribution in [3.8, 4) is 28.1 Å². The highest BCUT2D eigenvalue weighted by atomic mass is 35.5. The highest BCUT2D eigenvalue weighted by Gasteiger charge is 2.23. The van der Waals surface area contributed by atoms with Crippen molar-refractivity contribution in [2.24, 2.45) is 11.7 Å². The Labute approximate surface area is 261 Å². The van der Waals surface area contributed by atoms with Gasteiger partial charge >= 0.3 is 0 Å². The molecule has 3 aromatic heterocycles. The Kier molecular flexibility index (Phi) is 7.98. The van der Waals surface area contributed by atoms with Crippen molar-refractivity contribution >= 4 is 40.7 Å². The maximum Gasteiger partial charge on any atom is 0.254 e. The molecule has 13 heteroatoms. The van der Waals surface area contributed by atoms with Gasteiger partial charge in [-0.2, -0.15) is 0 Å². The second-order valence-corrected chi connectivity index (χ2v) is 11.4. The fourth-order valence-corrected chi connectivity index (χ4v) is 5.65. The van der Waals surface area contributed by atoms with E-state index in [9.17, 15) is 14.4 Å². The lowest BCUT2D eigenvalue weighted by molar-refractivity contribution is -0.119. The van der Waals surface area contributed by atoms with Gasteiger partial charge in [-0.25, -0.2) is 9.67 Å². The molecular formula is C31H26Cl2N8O3. The van der Waals surface area contributed by atoms with E-state index in [0.717, 1.165) is 5.56 Å². The van der Waals surface area contributed by atoms with Gasteiger partial charge in [-0.15, -0.1) is 5.10 Å². The highest BCUT2D eigenvalue weighted by molar-refractivity contribution is 6.31. The number of hydrogen-bond donors (Lipinski definition) is 2. The van der Waals surface area contributed by atoms with Crippen molar-refractivity contribution in [1.82, 2.24) is 29.5 Å². The number of carbonyl (C=O) groups excluding carboxylic acids is 2. The molecule has 222 valence electrons. The van der Waals surface area contributed by atoms with Crippen LogP contribution in [0.3, 0.4) is 0 Å². The van der Waals surface area contributed by atoms with Crippen LogP contribution in [0.15, 0.2) is 78.1 Å². The third kappa shape index (κ3) is 5.84. The number of nitrogens with two attached hydrogens (primary N) is 1. The number of pyridine rings is 1. The van der Waals surface area contributed by atoms with Crippen molar-refractivity contribution in [2.75, 3.05) is 5.32 Å². The molecule has 0 radical (unpaired) electrons. The number of amides is 2. The number of fused-ring (bicyclic) bond motifs is 4. The molecule has 1 aliphatic rings. The van der Waals surface area contributed by atoms with Gasteiger partial charge in [-0.1, -0.05) is 47.8 Å². The van der Waals surface area contributed by atoms with Gasteiger partial charge in [-0.05, 0) is 60.9 Å². The van der Waals surface area contributed by atoms with Gasteiger partial charge < -0.3 is 11.1 Å². The monoisotopic (exact) mass is 628 g/mol. The van der Waals surface area contributed by atoms with E-state index in [2.05, 4.69) is 25.6 Å². The Hall–Kier alpha value is -4.87. The summed E-state index contributed by atoms with van der Waals surface area (Å²) in [6.07, 6.45) is 6.47. The van der Waals surface area contributed by atoms with Crippen LogP contribution in [0.4, 0.5) is 5.69 Å². The molecule has 1 aliphatic heterocycles. The number of nitrogens with one attached hydrogen (secondary N) is 1. The van der Waals surface area contributed by atoms with Crippen molar-refractivity contribution in [1.29, 1.82) is 0 Å². The first-order chi connectivity index (χ1) is 21.2. The molecule has 0 saturated heterocycles. The molecule has 5 aromatic rings. The second kappa shape index (κ2) is 12.0. The van der Waals surface area contributed by atoms with Gasteiger partial charge in [-0.3, -0.25) is 23.9 Å². The van der Waals surface area contributed by atoms with Gasteiger partial charge in [0.2, 0.25) is 11.8 Å². The molecule has 0 saturated carbocycles. The van der Waals surface area contributed by atoms with Gasteiger partial charge in [0.1, 0.15) is 0 Å². The lowest BCUT2D eigenvalue weighted by Gasteiger charge is -2.23. The zero-order valence-electron chi connectivity index (χ0n) is 23.4. The Bertz CT molecular complexity index is 1970. The van der Waals surface area contributed by atoms with Gasteiger partial charge in [0.15, 0.2) is 5.15 Å². The van der Waals surface area contributed by atoms with Crippen LogP contribution in [0.2, 0.25) is 10.2 Å². The fraction of sp³-hybridized carbons (Fsp3) is 0.194. The molecule has 0 aliphatic carbocycles. The predicted molar refractivity (Wildman–Crippen MR) is 167 cm³/mol. The Balaban J connectivity index is 1.44. The average molecular weight is 630 g/mol. The molecule has 6 rings (SSSR count). The van der Waals surface area contributed by atoms with Crippen LogP contribution in [0.5, 0.6) is 0 Å². The Morgan fingerprint density at radius 2 is 1.84 bits per heavy atom. The van der Waals surface area contributed by atoms with E-state index in [1.165, 1.54) is 17.1 Å². The maximum atomic E-state index is 13.7. The number of anilines is 1. The molecule has 0 spiro atoms. The number of rotatable bonds is 4. The van der Waals surface area contributed by atoms with Crippen molar-refractivity contribution in [3.63, 3.8) is 0 Å². The number of aromatic nitrogens is 6. The summed E-state index contributed by atoms with van der Waals surface area (Å²) in [6.45, 7) is 1.85. The number of nitrogens with zero attached hydrogens (tertiary/aromatic N) is 6. The van der Waals surface area contributed by atoms with E-state index in [0.29, 0.717) is 58.2 Å². The molecule has 0 fully saturated rings. The standard InChI is InChI=1S/C31H26Cl2N8O3/c1-17-3-2-4-27(25-11-18(9-10-35-25)21-7-5-19(30(34)43)12-24(21)37-31(17)44)40-16-36-23(14-29(40)42)22-13-20(32)6-8-26(22)41-15-28(33)38-39-41/h5-17,27H,2-4H2,1H3,(H2,34,43)(H,37,44)/t17-,27+/m1/s1. The number of hydrogen-bond acceptors (Lipinski definition) is 7. The summed E-state index contributed by atoms with van der Waals surface area (Å²) in [6, 6.07) is 14.8. The van der Waals surface area contributed by atoms with E-state index in [1.54, 1.807) is 53.4 Å². The van der Waals surface area contributed by atoms with Gasteiger partial charge in [0.05, 0.1) is 35.6 Å². The summed E-state index contributed by atoms with van der Waals surface area (Å²) in [5, 5.41) is 11.5. The van der Waals surface area contributed by atoms with Crippen molar-refractivity contribution < 1.29 is 9.59 Å². The molecule has 44 heavy (non-hydrogen) atoms. The molecule has 0 unspecified atom stereocenters. The third-order valence-corrected chi connectivity index (χ3v) is 8.08. The molecule has 11 nitrogen and oxygen atoms in total. The first kappa shape index (κ1) is 29.2. The summed E-state index contributed by atoms with van der Waals surface area (Å²) in [5.74, 6) is -1.09. The minimum atomic E-state index is -0.595. The van der Waals surface area contributed by atoms with Gasteiger partial charge in [0, 0.05) is 45.6 Å². The largest absolute Gasteiger partial charge is 0.366 e. The number of primary amides is 1. The average Bonchev–Trinajstić information content (AvgIpc) is 3.44. The van der Waals surface area contributed by atoms with Crippen molar-refractivity contribution in [3.05, 3.63) is 105 Å². The van der Waals surface area contributed by atoms with Crippen LogP contribution in [-0.4, -0.2) is 41.3 Å². The van der Waals surface area contributed by atoms with Crippen molar-refractivity contribution in [2.45, 2.75) is 32.2 Å². The smallest absolute Gasteiger partial charge is 0.254 e. The summed E-state index contributed by atoms with van der Waals surface area (Å²) in [4.78, 5) is 48.0. The Morgan fingerprint density at radius 3 is 2.59 bits per heavy atom. The summed E-state index contributed by atoms with van der Waals surface area (Å²) in [5.41, 5.74) is 9.66. The normalized spacial score (nSPS) is 16.8. The van der Waals surface area contributed by atoms with E-state index in [-0.39, 0.29) is 28.1 Å². The fourth-order valence-electron chi connectivity index (χ4n) is 5.35. The van der Waals surface area contributed by atoms with Crippen LogP contribution in [0, 0.1) is 5.92 Å². The topological polar surface area (TPSA) is 151 Å². The zero-order valence-corrected chi connectivity index (χ0v) is 25.0. The summed E-state index contributed by atoms with van der Waals surface area (Å²) >= 11 is 12.3. The first-order valence-electron chi connectivity index (χ1n) is 13.9. The Morgan fingerprint density at radius 1 is 1.00 bits per heavy atom. The summed E-state index contributed by atoms with van der Waals surface area (Å²) < 4.78 is 3.05. The molecule has 3 N–H and O–H groups in total. The lowest BCUT2D eigenvalue weighted by atomic mass is 9.95. The molecular weight excluding hydrogens is 603 g/mol. The minimum absolute atomic E-state index is 0.173. The van der Waals surface area contributed by atoms with Crippen LogP contribution in [0.25, 0.3) is 28.1 Å². The lowest BCUT2D eigenvalue weighted by Crippen LogP contribution is -2.27. The minimum Gasteiger partial charge on any atom is -0.366 e. The maximum absolute atomic E-state index is 13.7. The molecule has 4 heterocycles. The number of benzene rings is 2. The van der Waals surface area contributed by atoms with Crippen LogP contribution < -0.4 is 16.6 Å². The van der Waals surface area contributed by atoms with Crippen LogP contribution >= 0.6 is 23.2 Å². The van der Waals surface area contributed by atoms with E-state index < -0.39 is 11.9 Å². The SMILES string of the molecule is C[C@@H]1CCC[C@H](n2cnc(-c3cc(Cl)ccc3-n3cc(Cl)nn3)cc2=O)c2cc(ccn2)-c2ccc(C(N)=O)cc2NC1=O. The molecule has 2 atom stereocenters. The predicted octanol–water partition coefficient (Wildman–Crippen LogP) is 5.31. The zero-order chi connectivity index (χ0) is 31.0. The van der Waals surface area contributed by atoms with Crippen LogP contribution in [-0.2, 0) is 4.79 Å². The number of carbonyl (C=O) groups is 2.